The molecule has 3 N–H and O–H groups in total. The third-order valence-corrected chi connectivity index (χ3v) is 2.85. The largest absolute Gasteiger partial charge is 0.322 e. The summed E-state index contributed by atoms with van der Waals surface area (Å²) in [5, 5.41) is 6.47. The highest BCUT2D eigenvalue weighted by atomic mass is 32.1. The molecule has 0 aromatic carbocycles. The summed E-state index contributed by atoms with van der Waals surface area (Å²) in [5.74, 6) is 0. The summed E-state index contributed by atoms with van der Waals surface area (Å²) in [4.78, 5) is 4.44. The van der Waals surface area contributed by atoms with Crippen LogP contribution in [0.25, 0.3) is 0 Å². The van der Waals surface area contributed by atoms with Crippen molar-refractivity contribution < 1.29 is 0 Å². The van der Waals surface area contributed by atoms with Crippen molar-refractivity contribution in [2.24, 2.45) is 5.73 Å². The maximum atomic E-state index is 5.74. The Bertz CT molecular complexity index is 286. The predicted octanol–water partition coefficient (Wildman–Crippen LogP) is 2.05. The molecule has 0 aliphatic carbocycles. The second-order valence-electron chi connectivity index (χ2n) is 4.57. The van der Waals surface area contributed by atoms with Crippen molar-refractivity contribution in [3.63, 3.8) is 0 Å². The molecule has 1 atom stereocenters. The van der Waals surface area contributed by atoms with Crippen molar-refractivity contribution in [3.8, 4) is 0 Å². The molecule has 0 saturated heterocycles. The van der Waals surface area contributed by atoms with Gasteiger partial charge in [0.2, 0.25) is 0 Å². The fourth-order valence-corrected chi connectivity index (χ4v) is 1.75. The second kappa shape index (κ2) is 4.38. The smallest absolute Gasteiger partial charge is 0.109 e. The first-order valence-electron chi connectivity index (χ1n) is 4.83. The molecule has 0 saturated carbocycles. The zero-order valence-electron chi connectivity index (χ0n) is 9.29. The van der Waals surface area contributed by atoms with E-state index in [4.69, 9.17) is 5.73 Å². The molecule has 1 unspecified atom stereocenters. The maximum absolute atomic E-state index is 5.74. The molecule has 0 aliphatic rings. The van der Waals surface area contributed by atoms with E-state index in [1.165, 1.54) is 0 Å². The lowest BCUT2D eigenvalue weighted by molar-refractivity contribution is 0.421. The molecule has 1 rings (SSSR count). The van der Waals surface area contributed by atoms with Gasteiger partial charge in [-0.25, -0.2) is 4.98 Å². The summed E-state index contributed by atoms with van der Waals surface area (Å²) in [6, 6.07) is 0.0448. The Labute approximate surface area is 89.7 Å². The van der Waals surface area contributed by atoms with Crippen molar-refractivity contribution in [2.75, 3.05) is 0 Å². The molecular formula is C10H19N3S. The highest BCUT2D eigenvalue weighted by Gasteiger charge is 2.10. The minimum atomic E-state index is 0.0448. The molecule has 0 amide bonds. The molecule has 0 fully saturated rings. The Morgan fingerprint density at radius 1 is 1.57 bits per heavy atom. The van der Waals surface area contributed by atoms with Crippen molar-refractivity contribution in [1.82, 2.24) is 10.3 Å². The fourth-order valence-electron chi connectivity index (χ4n) is 0.969. The van der Waals surface area contributed by atoms with Crippen LogP contribution in [-0.2, 0) is 6.54 Å². The van der Waals surface area contributed by atoms with E-state index < -0.39 is 0 Å². The highest BCUT2D eigenvalue weighted by molar-refractivity contribution is 7.09. The molecule has 14 heavy (non-hydrogen) atoms. The molecular weight excluding hydrogens is 194 g/mol. The number of aromatic nitrogens is 1. The van der Waals surface area contributed by atoms with Crippen LogP contribution in [0.15, 0.2) is 5.38 Å². The molecule has 0 bridgehead atoms. The topological polar surface area (TPSA) is 50.9 Å². The average Bonchev–Trinajstić information content (AvgIpc) is 2.47. The van der Waals surface area contributed by atoms with E-state index in [0.29, 0.717) is 0 Å². The molecule has 1 aromatic heterocycles. The Hall–Kier alpha value is -0.450. The van der Waals surface area contributed by atoms with Crippen LogP contribution in [0.1, 0.15) is 44.4 Å². The van der Waals surface area contributed by atoms with Crippen LogP contribution >= 0.6 is 11.3 Å². The van der Waals surface area contributed by atoms with Gasteiger partial charge in [0.15, 0.2) is 0 Å². The molecule has 3 nitrogen and oxygen atoms in total. The first-order valence-corrected chi connectivity index (χ1v) is 5.71. The summed E-state index contributed by atoms with van der Waals surface area (Å²) in [7, 11) is 0. The summed E-state index contributed by atoms with van der Waals surface area (Å²) in [5.41, 5.74) is 6.95. The third-order valence-electron chi connectivity index (χ3n) is 1.76. The zero-order valence-corrected chi connectivity index (χ0v) is 10.1. The number of rotatable bonds is 3. The van der Waals surface area contributed by atoms with E-state index in [-0.39, 0.29) is 11.6 Å². The van der Waals surface area contributed by atoms with Crippen molar-refractivity contribution >= 4 is 11.3 Å². The standard InChI is InChI=1S/C10H19N3S/c1-7(11)9-13-8(6-14-9)5-12-10(2,3)4/h6-7,12H,5,11H2,1-4H3. The first kappa shape index (κ1) is 11.6. The normalized spacial score (nSPS) is 14.4. The van der Waals surface area contributed by atoms with E-state index in [2.05, 4.69) is 36.5 Å². The van der Waals surface area contributed by atoms with Gasteiger partial charge in [-0.1, -0.05) is 0 Å². The van der Waals surface area contributed by atoms with Gasteiger partial charge in [-0.15, -0.1) is 11.3 Å². The molecule has 1 aromatic rings. The van der Waals surface area contributed by atoms with Crippen LogP contribution in [0, 0.1) is 0 Å². The summed E-state index contributed by atoms with van der Waals surface area (Å²) in [6.45, 7) is 9.20. The van der Waals surface area contributed by atoms with Crippen molar-refractivity contribution in [1.29, 1.82) is 0 Å². The number of nitrogens with one attached hydrogen (secondary N) is 1. The number of thiazole rings is 1. The van der Waals surface area contributed by atoms with Crippen LogP contribution < -0.4 is 11.1 Å². The van der Waals surface area contributed by atoms with Crippen molar-refractivity contribution in [2.45, 2.75) is 45.8 Å². The monoisotopic (exact) mass is 213 g/mol. The van der Waals surface area contributed by atoms with Crippen molar-refractivity contribution in [3.05, 3.63) is 16.1 Å². The molecule has 0 aliphatic heterocycles. The fraction of sp³-hybridized carbons (Fsp3) is 0.700. The van der Waals surface area contributed by atoms with Gasteiger partial charge >= 0.3 is 0 Å². The van der Waals surface area contributed by atoms with Gasteiger partial charge in [0, 0.05) is 17.5 Å². The minimum absolute atomic E-state index is 0.0448. The van der Waals surface area contributed by atoms with Crippen LogP contribution in [0.4, 0.5) is 0 Å². The summed E-state index contributed by atoms with van der Waals surface area (Å²) < 4.78 is 0. The SMILES string of the molecule is CC(N)c1nc(CNC(C)(C)C)cs1. The van der Waals surface area contributed by atoms with Gasteiger partial charge in [0.05, 0.1) is 11.7 Å². The maximum Gasteiger partial charge on any atom is 0.109 e. The molecule has 1 heterocycles. The lowest BCUT2D eigenvalue weighted by atomic mass is 10.1. The van der Waals surface area contributed by atoms with Gasteiger partial charge in [-0.3, -0.25) is 0 Å². The van der Waals surface area contributed by atoms with Crippen LogP contribution in [0.2, 0.25) is 0 Å². The Kier molecular flexibility index (Phi) is 3.64. The molecule has 0 spiro atoms. The lowest BCUT2D eigenvalue weighted by Crippen LogP contribution is -2.35. The number of hydrogen-bond acceptors (Lipinski definition) is 4. The van der Waals surface area contributed by atoms with Gasteiger partial charge < -0.3 is 11.1 Å². The van der Waals surface area contributed by atoms with Gasteiger partial charge in [-0.2, -0.15) is 0 Å². The number of nitrogens with two attached hydrogens (primary N) is 1. The van der Waals surface area contributed by atoms with Crippen LogP contribution in [0.3, 0.4) is 0 Å². The van der Waals surface area contributed by atoms with E-state index in [1.54, 1.807) is 11.3 Å². The Balaban J connectivity index is 2.52. The Morgan fingerprint density at radius 3 is 2.64 bits per heavy atom. The van der Waals surface area contributed by atoms with E-state index in [1.807, 2.05) is 6.92 Å². The van der Waals surface area contributed by atoms with Crippen LogP contribution in [0.5, 0.6) is 0 Å². The minimum Gasteiger partial charge on any atom is -0.322 e. The van der Waals surface area contributed by atoms with Crippen LogP contribution in [-0.4, -0.2) is 10.5 Å². The molecule has 80 valence electrons. The van der Waals surface area contributed by atoms with E-state index in [0.717, 1.165) is 17.2 Å². The van der Waals surface area contributed by atoms with Gasteiger partial charge in [0.25, 0.3) is 0 Å². The second-order valence-corrected chi connectivity index (χ2v) is 5.46. The predicted molar refractivity (Wildman–Crippen MR) is 61.3 cm³/mol. The van der Waals surface area contributed by atoms with Gasteiger partial charge in [-0.05, 0) is 27.7 Å². The molecule has 4 heteroatoms. The highest BCUT2D eigenvalue weighted by Crippen LogP contribution is 2.16. The molecule has 0 radical (unpaired) electrons. The lowest BCUT2D eigenvalue weighted by Gasteiger charge is -2.19. The third kappa shape index (κ3) is 3.74. The number of nitrogens with zero attached hydrogens (tertiary/aromatic N) is 1. The van der Waals surface area contributed by atoms with E-state index >= 15 is 0 Å². The number of hydrogen-bond donors (Lipinski definition) is 2. The zero-order chi connectivity index (χ0) is 10.8. The van der Waals surface area contributed by atoms with Gasteiger partial charge in [0.1, 0.15) is 5.01 Å². The quantitative estimate of drug-likeness (QED) is 0.808. The first-order chi connectivity index (χ1) is 6.38. The summed E-state index contributed by atoms with van der Waals surface area (Å²) >= 11 is 1.63. The Morgan fingerprint density at radius 2 is 2.21 bits per heavy atom. The summed E-state index contributed by atoms with van der Waals surface area (Å²) in [6.07, 6.45) is 0. The average molecular weight is 213 g/mol. The van der Waals surface area contributed by atoms with E-state index in [9.17, 15) is 0 Å².